The minimum Gasteiger partial charge on any atom is -0.467 e. The Morgan fingerprint density at radius 2 is 1.61 bits per heavy atom. The summed E-state index contributed by atoms with van der Waals surface area (Å²) in [5.74, 6) is -0.806. The molecule has 0 fully saturated rings. The smallest absolute Gasteiger partial charge is 0.408 e. The Morgan fingerprint density at radius 1 is 1.00 bits per heavy atom. The van der Waals surface area contributed by atoms with Gasteiger partial charge in [-0.05, 0) is 38.7 Å². The molecule has 2 amide bonds. The molecule has 1 aromatic rings. The molecule has 28 heavy (non-hydrogen) atoms. The Labute approximate surface area is 167 Å². The zero-order chi connectivity index (χ0) is 21.3. The van der Waals surface area contributed by atoms with Crippen molar-refractivity contribution in [2.24, 2.45) is 5.92 Å². The molecule has 0 spiro atoms. The van der Waals surface area contributed by atoms with Crippen LogP contribution in [0.1, 0.15) is 46.6 Å². The summed E-state index contributed by atoms with van der Waals surface area (Å²) in [6.07, 6.45) is 0.00627. The molecule has 2 N–H and O–H groups in total. The fraction of sp³-hybridized carbons (Fsp3) is 0.571. The molecule has 0 radical (unpaired) electrons. The van der Waals surface area contributed by atoms with Crippen LogP contribution in [0.2, 0.25) is 0 Å². The predicted molar refractivity (Wildman–Crippen MR) is 107 cm³/mol. The highest BCUT2D eigenvalue weighted by Gasteiger charge is 2.29. The second kappa shape index (κ2) is 10.7. The highest BCUT2D eigenvalue weighted by Crippen LogP contribution is 2.10. The number of alkyl carbamates (subject to hydrolysis) is 1. The fourth-order valence-electron chi connectivity index (χ4n) is 2.61. The van der Waals surface area contributed by atoms with Gasteiger partial charge in [0.2, 0.25) is 5.91 Å². The largest absolute Gasteiger partial charge is 0.467 e. The van der Waals surface area contributed by atoms with Gasteiger partial charge in [0, 0.05) is 6.42 Å². The average Bonchev–Trinajstić information content (AvgIpc) is 2.58. The normalized spacial score (nSPS) is 13.4. The quantitative estimate of drug-likeness (QED) is 0.664. The topological polar surface area (TPSA) is 93.7 Å². The van der Waals surface area contributed by atoms with Gasteiger partial charge in [-0.25, -0.2) is 9.59 Å². The average molecular weight is 392 g/mol. The lowest BCUT2D eigenvalue weighted by Gasteiger charge is -2.25. The molecule has 0 saturated heterocycles. The fourth-order valence-corrected chi connectivity index (χ4v) is 2.61. The first kappa shape index (κ1) is 23.5. The molecule has 1 aromatic carbocycles. The number of amides is 2. The number of hydrogen-bond donors (Lipinski definition) is 2. The van der Waals surface area contributed by atoms with E-state index in [-0.39, 0.29) is 12.3 Å². The van der Waals surface area contributed by atoms with Crippen molar-refractivity contribution in [3.8, 4) is 0 Å². The third-order valence-corrected chi connectivity index (χ3v) is 3.80. The van der Waals surface area contributed by atoms with Gasteiger partial charge in [-0.1, -0.05) is 44.2 Å². The van der Waals surface area contributed by atoms with E-state index in [4.69, 9.17) is 9.47 Å². The van der Waals surface area contributed by atoms with E-state index in [2.05, 4.69) is 10.6 Å². The monoisotopic (exact) mass is 392 g/mol. The van der Waals surface area contributed by atoms with Crippen molar-refractivity contribution >= 4 is 18.0 Å². The van der Waals surface area contributed by atoms with Crippen molar-refractivity contribution in [3.05, 3.63) is 35.9 Å². The maximum absolute atomic E-state index is 12.9. The summed E-state index contributed by atoms with van der Waals surface area (Å²) in [7, 11) is 1.28. The molecular formula is C21H32N2O5. The molecule has 0 aliphatic rings. The minimum absolute atomic E-state index is 0.177. The van der Waals surface area contributed by atoms with Crippen LogP contribution in [0.4, 0.5) is 4.79 Å². The third kappa shape index (κ3) is 8.88. The molecule has 7 heteroatoms. The lowest BCUT2D eigenvalue weighted by Crippen LogP contribution is -2.53. The van der Waals surface area contributed by atoms with Crippen LogP contribution in [0, 0.1) is 5.92 Å². The van der Waals surface area contributed by atoms with Crippen molar-refractivity contribution in [2.45, 2.75) is 65.1 Å². The van der Waals surface area contributed by atoms with Crippen LogP contribution in [-0.2, 0) is 25.5 Å². The molecule has 0 heterocycles. The molecule has 1 rings (SSSR count). The van der Waals surface area contributed by atoms with Crippen LogP contribution in [0.15, 0.2) is 30.3 Å². The van der Waals surface area contributed by atoms with E-state index in [1.54, 1.807) is 20.8 Å². The molecule has 7 nitrogen and oxygen atoms in total. The number of carbonyl (C=O) groups excluding carboxylic acids is 3. The molecule has 2 atom stereocenters. The lowest BCUT2D eigenvalue weighted by molar-refractivity contribution is -0.145. The second-order valence-electron chi connectivity index (χ2n) is 8.10. The van der Waals surface area contributed by atoms with E-state index in [9.17, 15) is 14.4 Å². The van der Waals surface area contributed by atoms with Gasteiger partial charge in [-0.2, -0.15) is 0 Å². The van der Waals surface area contributed by atoms with Gasteiger partial charge in [-0.3, -0.25) is 4.79 Å². The number of rotatable bonds is 8. The van der Waals surface area contributed by atoms with Crippen molar-refractivity contribution in [3.63, 3.8) is 0 Å². The van der Waals surface area contributed by atoms with Crippen LogP contribution in [0.3, 0.4) is 0 Å². The number of hydrogen-bond acceptors (Lipinski definition) is 5. The molecule has 0 aliphatic carbocycles. The molecule has 0 aromatic heterocycles. The van der Waals surface area contributed by atoms with Gasteiger partial charge in [0.15, 0.2) is 0 Å². The van der Waals surface area contributed by atoms with Crippen molar-refractivity contribution in [1.82, 2.24) is 10.6 Å². The molecule has 0 unspecified atom stereocenters. The predicted octanol–water partition coefficient (Wildman–Crippen LogP) is 2.83. The van der Waals surface area contributed by atoms with E-state index < -0.39 is 35.7 Å². The highest BCUT2D eigenvalue weighted by molar-refractivity contribution is 5.89. The molecule has 0 saturated carbocycles. The number of nitrogens with one attached hydrogen (secondary N) is 2. The summed E-state index contributed by atoms with van der Waals surface area (Å²) in [5.41, 5.74) is 0.182. The van der Waals surface area contributed by atoms with Crippen LogP contribution < -0.4 is 10.6 Å². The molecular weight excluding hydrogens is 360 g/mol. The van der Waals surface area contributed by atoms with Gasteiger partial charge in [0.25, 0.3) is 0 Å². The van der Waals surface area contributed by atoms with Gasteiger partial charge in [0.1, 0.15) is 17.7 Å². The van der Waals surface area contributed by atoms with Crippen molar-refractivity contribution in [1.29, 1.82) is 0 Å². The van der Waals surface area contributed by atoms with Crippen LogP contribution >= 0.6 is 0 Å². The summed E-state index contributed by atoms with van der Waals surface area (Å²) in [6.45, 7) is 9.13. The third-order valence-electron chi connectivity index (χ3n) is 3.80. The second-order valence-corrected chi connectivity index (χ2v) is 8.10. The Balaban J connectivity index is 2.95. The van der Waals surface area contributed by atoms with E-state index in [0.717, 1.165) is 5.56 Å². The molecule has 0 bridgehead atoms. The summed E-state index contributed by atoms with van der Waals surface area (Å²) in [4.78, 5) is 37.1. The molecule has 156 valence electrons. The first-order valence-electron chi connectivity index (χ1n) is 9.43. The zero-order valence-corrected chi connectivity index (χ0v) is 17.6. The van der Waals surface area contributed by atoms with E-state index in [1.807, 2.05) is 44.2 Å². The van der Waals surface area contributed by atoms with Crippen LogP contribution in [-0.4, -0.2) is 42.8 Å². The molecule has 0 aliphatic heterocycles. The van der Waals surface area contributed by atoms with Crippen LogP contribution in [0.5, 0.6) is 0 Å². The summed E-state index contributed by atoms with van der Waals surface area (Å²) in [5, 5.41) is 5.32. The zero-order valence-electron chi connectivity index (χ0n) is 17.6. The summed E-state index contributed by atoms with van der Waals surface area (Å²) in [6, 6.07) is 7.64. The first-order chi connectivity index (χ1) is 13.0. The lowest BCUT2D eigenvalue weighted by atomic mass is 10.0. The highest BCUT2D eigenvalue weighted by atomic mass is 16.6. The Kier molecular flexibility index (Phi) is 8.96. The van der Waals surface area contributed by atoms with Gasteiger partial charge < -0.3 is 20.1 Å². The van der Waals surface area contributed by atoms with Gasteiger partial charge in [0.05, 0.1) is 7.11 Å². The van der Waals surface area contributed by atoms with Gasteiger partial charge >= 0.3 is 12.1 Å². The number of esters is 1. The maximum Gasteiger partial charge on any atom is 0.408 e. The van der Waals surface area contributed by atoms with Crippen molar-refractivity contribution < 1.29 is 23.9 Å². The standard InChI is InChI=1S/C21H32N2O5/c1-14(2)12-17(19(25)27-6)22-18(24)16(13-15-10-8-7-9-11-15)23-20(26)28-21(3,4)5/h7-11,14,16-17H,12-13H2,1-6H3,(H,22,24)(H,23,26)/t16-,17-/m1/s1. The van der Waals surface area contributed by atoms with Gasteiger partial charge in [-0.15, -0.1) is 0 Å². The number of benzene rings is 1. The Hall–Kier alpha value is -2.57. The Morgan fingerprint density at radius 3 is 2.11 bits per heavy atom. The Bertz CT molecular complexity index is 653. The summed E-state index contributed by atoms with van der Waals surface area (Å²) < 4.78 is 10.1. The summed E-state index contributed by atoms with van der Waals surface area (Å²) >= 11 is 0. The van der Waals surface area contributed by atoms with Crippen molar-refractivity contribution in [2.75, 3.05) is 7.11 Å². The number of ether oxygens (including phenoxy) is 2. The van der Waals surface area contributed by atoms with E-state index in [0.29, 0.717) is 6.42 Å². The van der Waals surface area contributed by atoms with Crippen LogP contribution in [0.25, 0.3) is 0 Å². The SMILES string of the molecule is COC(=O)[C@@H](CC(C)C)NC(=O)[C@@H](Cc1ccccc1)NC(=O)OC(C)(C)C. The number of methoxy groups -OCH3 is 1. The minimum atomic E-state index is -0.892. The number of carbonyl (C=O) groups is 3. The first-order valence-corrected chi connectivity index (χ1v) is 9.43. The van der Waals surface area contributed by atoms with E-state index >= 15 is 0 Å². The van der Waals surface area contributed by atoms with E-state index in [1.165, 1.54) is 7.11 Å². The maximum atomic E-state index is 12.9.